The van der Waals surface area contributed by atoms with Gasteiger partial charge in [-0.05, 0) is 37.8 Å². The lowest BCUT2D eigenvalue weighted by molar-refractivity contribution is -0.137. The summed E-state index contributed by atoms with van der Waals surface area (Å²) in [4.78, 5) is 18.0. The Morgan fingerprint density at radius 2 is 2.08 bits per heavy atom. The summed E-state index contributed by atoms with van der Waals surface area (Å²) in [6, 6.07) is 2.10. The number of halogens is 3. The first-order chi connectivity index (χ1) is 11.4. The molecule has 2 fully saturated rings. The molecule has 3 rings (SSSR count). The van der Waals surface area contributed by atoms with Crippen molar-refractivity contribution in [2.24, 2.45) is 5.92 Å². The Hall–Kier alpha value is -1.83. The van der Waals surface area contributed by atoms with Crippen LogP contribution in [0, 0.1) is 5.92 Å². The Balaban J connectivity index is 1.78. The van der Waals surface area contributed by atoms with Crippen LogP contribution < -0.4 is 10.2 Å². The Kier molecular flexibility index (Phi) is 4.67. The highest BCUT2D eigenvalue weighted by Crippen LogP contribution is 2.33. The lowest BCUT2D eigenvalue weighted by atomic mass is 9.97. The zero-order chi connectivity index (χ0) is 17.3. The van der Waals surface area contributed by atoms with Crippen molar-refractivity contribution in [3.63, 3.8) is 0 Å². The number of rotatable bonds is 4. The minimum absolute atomic E-state index is 0.0237. The number of carbonyl (C=O) groups is 1. The minimum Gasteiger partial charge on any atom is -0.390 e. The molecule has 5 nitrogen and oxygen atoms in total. The molecule has 1 aliphatic carbocycles. The van der Waals surface area contributed by atoms with Gasteiger partial charge in [-0.2, -0.15) is 13.2 Å². The second-order valence-corrected chi connectivity index (χ2v) is 6.43. The van der Waals surface area contributed by atoms with Gasteiger partial charge in [0.1, 0.15) is 5.82 Å². The number of amides is 1. The van der Waals surface area contributed by atoms with Crippen LogP contribution in [0.2, 0.25) is 0 Å². The van der Waals surface area contributed by atoms with Crippen molar-refractivity contribution in [1.82, 2.24) is 10.3 Å². The van der Waals surface area contributed by atoms with Crippen LogP contribution in [0.5, 0.6) is 0 Å². The molecule has 24 heavy (non-hydrogen) atoms. The molecule has 1 aromatic rings. The van der Waals surface area contributed by atoms with Crippen molar-refractivity contribution in [3.05, 3.63) is 23.4 Å². The number of pyridine rings is 1. The average Bonchev–Trinajstić information content (AvgIpc) is 3.37. The van der Waals surface area contributed by atoms with Gasteiger partial charge in [-0.1, -0.05) is 0 Å². The number of anilines is 1. The maximum Gasteiger partial charge on any atom is 0.416 e. The number of hydrogen-bond acceptors (Lipinski definition) is 4. The van der Waals surface area contributed by atoms with E-state index < -0.39 is 18.3 Å². The molecule has 1 unspecified atom stereocenters. The highest BCUT2D eigenvalue weighted by Gasteiger charge is 2.34. The third-order valence-electron chi connectivity index (χ3n) is 4.39. The van der Waals surface area contributed by atoms with Gasteiger partial charge in [0.15, 0.2) is 0 Å². The van der Waals surface area contributed by atoms with E-state index in [1.54, 1.807) is 4.90 Å². The minimum atomic E-state index is -4.50. The van der Waals surface area contributed by atoms with Crippen molar-refractivity contribution >= 4 is 11.7 Å². The van der Waals surface area contributed by atoms with E-state index in [4.69, 9.17) is 0 Å². The molecule has 0 bridgehead atoms. The smallest absolute Gasteiger partial charge is 0.390 e. The Morgan fingerprint density at radius 1 is 1.33 bits per heavy atom. The van der Waals surface area contributed by atoms with E-state index in [0.717, 1.165) is 37.8 Å². The van der Waals surface area contributed by atoms with Crippen molar-refractivity contribution in [3.8, 4) is 0 Å². The van der Waals surface area contributed by atoms with E-state index in [2.05, 4.69) is 10.3 Å². The summed E-state index contributed by atoms with van der Waals surface area (Å²) in [5, 5.41) is 12.1. The summed E-state index contributed by atoms with van der Waals surface area (Å²) < 4.78 is 39.0. The second-order valence-electron chi connectivity index (χ2n) is 6.43. The number of aromatic nitrogens is 1. The maximum absolute atomic E-state index is 13.0. The predicted octanol–water partition coefficient (Wildman–Crippen LogP) is 2.09. The van der Waals surface area contributed by atoms with Crippen LogP contribution in [0.1, 0.15) is 36.9 Å². The van der Waals surface area contributed by atoms with E-state index >= 15 is 0 Å². The molecule has 1 saturated heterocycles. The molecule has 2 N–H and O–H groups in total. The second kappa shape index (κ2) is 6.58. The molecule has 2 aliphatic rings. The van der Waals surface area contributed by atoms with Gasteiger partial charge in [-0.15, -0.1) is 0 Å². The normalized spacial score (nSPS) is 21.7. The number of nitrogens with zero attached hydrogens (tertiary/aromatic N) is 2. The van der Waals surface area contributed by atoms with E-state index in [1.165, 1.54) is 0 Å². The van der Waals surface area contributed by atoms with Crippen LogP contribution >= 0.6 is 0 Å². The molecular formula is C16H20F3N3O2. The fourth-order valence-corrected chi connectivity index (χ4v) is 2.92. The van der Waals surface area contributed by atoms with E-state index in [-0.39, 0.29) is 29.4 Å². The predicted molar refractivity (Wildman–Crippen MR) is 81.3 cm³/mol. The Labute approximate surface area is 137 Å². The van der Waals surface area contributed by atoms with Gasteiger partial charge in [0.05, 0.1) is 23.8 Å². The van der Waals surface area contributed by atoms with E-state index in [1.807, 2.05) is 0 Å². The fourth-order valence-electron chi connectivity index (χ4n) is 2.92. The molecule has 0 aromatic carbocycles. The standard InChI is InChI=1S/C16H20F3N3O2/c17-16(18,19)11-6-13(9-23)20-14(7-11)22-5-1-2-10(8-22)15(24)21-12-3-4-12/h6-7,10,12,23H,1-5,8-9H2,(H,21,24). The van der Waals surface area contributed by atoms with Crippen LogP contribution in [0.15, 0.2) is 12.1 Å². The lowest BCUT2D eigenvalue weighted by Crippen LogP contribution is -2.44. The van der Waals surface area contributed by atoms with Crippen molar-refractivity contribution in [2.45, 2.75) is 44.5 Å². The molecule has 1 aliphatic heterocycles. The molecule has 0 radical (unpaired) electrons. The van der Waals surface area contributed by atoms with Crippen molar-refractivity contribution in [1.29, 1.82) is 0 Å². The zero-order valence-electron chi connectivity index (χ0n) is 13.1. The fraction of sp³-hybridized carbons (Fsp3) is 0.625. The molecule has 1 aromatic heterocycles. The summed E-state index contributed by atoms with van der Waals surface area (Å²) in [5.41, 5.74) is -0.856. The molecule has 1 amide bonds. The average molecular weight is 343 g/mol. The summed E-state index contributed by atoms with van der Waals surface area (Å²) in [7, 11) is 0. The summed E-state index contributed by atoms with van der Waals surface area (Å²) in [6.07, 6.45) is -1.06. The SMILES string of the molecule is O=C(NC1CC1)C1CCCN(c2cc(C(F)(F)F)cc(CO)n2)C1. The Morgan fingerprint density at radius 3 is 2.71 bits per heavy atom. The largest absolute Gasteiger partial charge is 0.416 e. The third-order valence-corrected chi connectivity index (χ3v) is 4.39. The number of carbonyl (C=O) groups excluding carboxylic acids is 1. The number of aliphatic hydroxyl groups is 1. The van der Waals surface area contributed by atoms with Gasteiger partial charge >= 0.3 is 6.18 Å². The third kappa shape index (κ3) is 3.98. The molecule has 1 atom stereocenters. The van der Waals surface area contributed by atoms with Crippen LogP contribution in [0.4, 0.5) is 19.0 Å². The van der Waals surface area contributed by atoms with Crippen molar-refractivity contribution in [2.75, 3.05) is 18.0 Å². The molecule has 2 heterocycles. The number of aliphatic hydroxyl groups excluding tert-OH is 1. The molecule has 8 heteroatoms. The van der Waals surface area contributed by atoms with Gasteiger partial charge in [0.2, 0.25) is 5.91 Å². The maximum atomic E-state index is 13.0. The Bertz CT molecular complexity index is 617. The summed E-state index contributed by atoms with van der Waals surface area (Å²) >= 11 is 0. The molecule has 1 saturated carbocycles. The summed E-state index contributed by atoms with van der Waals surface area (Å²) in [5.74, 6) is -0.109. The first-order valence-corrected chi connectivity index (χ1v) is 8.11. The van der Waals surface area contributed by atoms with Gasteiger partial charge in [0.25, 0.3) is 0 Å². The highest BCUT2D eigenvalue weighted by atomic mass is 19.4. The van der Waals surface area contributed by atoms with Crippen LogP contribution in [-0.2, 0) is 17.6 Å². The molecule has 0 spiro atoms. The van der Waals surface area contributed by atoms with E-state index in [0.29, 0.717) is 13.1 Å². The van der Waals surface area contributed by atoms with Crippen LogP contribution in [-0.4, -0.2) is 35.1 Å². The zero-order valence-corrected chi connectivity index (χ0v) is 13.1. The van der Waals surface area contributed by atoms with Crippen LogP contribution in [0.25, 0.3) is 0 Å². The van der Waals surface area contributed by atoms with Gasteiger partial charge in [-0.3, -0.25) is 4.79 Å². The number of hydrogen-bond donors (Lipinski definition) is 2. The van der Waals surface area contributed by atoms with Crippen LogP contribution in [0.3, 0.4) is 0 Å². The number of nitrogens with one attached hydrogen (secondary N) is 1. The number of piperidine rings is 1. The lowest BCUT2D eigenvalue weighted by Gasteiger charge is -2.33. The summed E-state index contributed by atoms with van der Waals surface area (Å²) in [6.45, 7) is 0.334. The van der Waals surface area contributed by atoms with Gasteiger partial charge in [-0.25, -0.2) is 4.98 Å². The first kappa shape index (κ1) is 17.0. The molecular weight excluding hydrogens is 323 g/mol. The van der Waals surface area contributed by atoms with Crippen molar-refractivity contribution < 1.29 is 23.1 Å². The highest BCUT2D eigenvalue weighted by molar-refractivity contribution is 5.80. The topological polar surface area (TPSA) is 65.5 Å². The first-order valence-electron chi connectivity index (χ1n) is 8.11. The quantitative estimate of drug-likeness (QED) is 0.879. The van der Waals surface area contributed by atoms with E-state index in [9.17, 15) is 23.1 Å². The van der Waals surface area contributed by atoms with Gasteiger partial charge < -0.3 is 15.3 Å². The molecule has 132 valence electrons. The van der Waals surface area contributed by atoms with Gasteiger partial charge in [0, 0.05) is 19.1 Å². The monoisotopic (exact) mass is 343 g/mol. The number of alkyl halides is 3.